The minimum absolute atomic E-state index is 0.0632. The van der Waals surface area contributed by atoms with Gasteiger partial charge in [0.2, 0.25) is 0 Å². The summed E-state index contributed by atoms with van der Waals surface area (Å²) >= 11 is 0. The van der Waals surface area contributed by atoms with Crippen LogP contribution in [0.5, 0.6) is 5.75 Å². The summed E-state index contributed by atoms with van der Waals surface area (Å²) in [7, 11) is 0. The third kappa shape index (κ3) is 3.52. The van der Waals surface area contributed by atoms with Crippen molar-refractivity contribution in [2.24, 2.45) is 11.8 Å². The Labute approximate surface area is 139 Å². The van der Waals surface area contributed by atoms with E-state index in [-0.39, 0.29) is 17.2 Å². The predicted octanol–water partition coefficient (Wildman–Crippen LogP) is 5.52. The summed E-state index contributed by atoms with van der Waals surface area (Å²) in [5.74, 6) is 2.18. The zero-order chi connectivity index (χ0) is 17.5. The highest BCUT2D eigenvalue weighted by atomic mass is 19.4. The van der Waals surface area contributed by atoms with Crippen molar-refractivity contribution in [1.29, 1.82) is 0 Å². The first kappa shape index (κ1) is 17.1. The molecule has 0 spiro atoms. The maximum Gasteiger partial charge on any atom is 0.418 e. The molecule has 1 heterocycles. The number of fused-ring (bicyclic) bond motifs is 1. The van der Waals surface area contributed by atoms with Crippen molar-refractivity contribution in [1.82, 2.24) is 9.97 Å². The van der Waals surface area contributed by atoms with Crippen LogP contribution in [0.2, 0.25) is 0 Å². The molecule has 0 atom stereocenters. The normalized spacial score (nSPS) is 21.3. The Balaban J connectivity index is 1.93. The Morgan fingerprint density at radius 3 is 2.58 bits per heavy atom. The lowest BCUT2D eigenvalue weighted by atomic mass is 9.76. The van der Waals surface area contributed by atoms with Crippen molar-refractivity contribution < 1.29 is 17.9 Å². The quantitative estimate of drug-likeness (QED) is 0.778. The van der Waals surface area contributed by atoms with Gasteiger partial charge in [-0.15, -0.1) is 0 Å². The fourth-order valence-corrected chi connectivity index (χ4v) is 3.14. The molecule has 6 heteroatoms. The summed E-state index contributed by atoms with van der Waals surface area (Å²) in [6, 6.07) is 2.68. The van der Waals surface area contributed by atoms with Gasteiger partial charge in [0.25, 0.3) is 0 Å². The van der Waals surface area contributed by atoms with Gasteiger partial charge in [-0.25, -0.2) is 4.98 Å². The third-order valence-corrected chi connectivity index (χ3v) is 4.61. The zero-order valence-electron chi connectivity index (χ0n) is 14.2. The Morgan fingerprint density at radius 2 is 2.00 bits per heavy atom. The van der Waals surface area contributed by atoms with E-state index in [0.717, 1.165) is 25.3 Å². The van der Waals surface area contributed by atoms with Crippen molar-refractivity contribution in [3.63, 3.8) is 0 Å². The van der Waals surface area contributed by atoms with Crippen LogP contribution in [-0.2, 0) is 6.18 Å². The van der Waals surface area contributed by atoms with Gasteiger partial charge in [-0.05, 0) is 37.2 Å². The second-order valence-corrected chi connectivity index (χ2v) is 7.29. The summed E-state index contributed by atoms with van der Waals surface area (Å²) in [6.45, 7) is 6.64. The SMILES string of the molecule is CC(C)CCOc1cc(C(F)(F)F)c2[nH]c([C@H]3C[C@@H](C)C3)nc2c1. The van der Waals surface area contributed by atoms with E-state index in [2.05, 4.69) is 16.9 Å². The van der Waals surface area contributed by atoms with Gasteiger partial charge in [-0.1, -0.05) is 20.8 Å². The standard InChI is InChI=1S/C18H23F3N2O/c1-10(2)4-5-24-13-8-14(18(19,20)21)16-15(9-13)22-17(23-16)12-6-11(3)7-12/h8-12H,4-7H2,1-3H3,(H,22,23)/t11-,12+. The molecule has 1 aromatic carbocycles. The molecule has 1 saturated carbocycles. The average Bonchev–Trinajstić information content (AvgIpc) is 2.84. The fourth-order valence-electron chi connectivity index (χ4n) is 3.14. The first-order valence-corrected chi connectivity index (χ1v) is 8.47. The molecule has 0 unspecified atom stereocenters. The fraction of sp³-hybridized carbons (Fsp3) is 0.611. The molecule has 1 aromatic heterocycles. The number of hydrogen-bond acceptors (Lipinski definition) is 2. The largest absolute Gasteiger partial charge is 0.493 e. The molecule has 0 radical (unpaired) electrons. The summed E-state index contributed by atoms with van der Waals surface area (Å²) in [5, 5.41) is 0. The number of hydrogen-bond donors (Lipinski definition) is 1. The van der Waals surface area contributed by atoms with Crippen LogP contribution in [0.25, 0.3) is 11.0 Å². The van der Waals surface area contributed by atoms with E-state index in [1.807, 2.05) is 13.8 Å². The molecule has 0 saturated heterocycles. The van der Waals surface area contributed by atoms with Gasteiger partial charge in [0.1, 0.15) is 11.6 Å². The predicted molar refractivity (Wildman–Crippen MR) is 87.2 cm³/mol. The monoisotopic (exact) mass is 340 g/mol. The number of halogens is 3. The Hall–Kier alpha value is -1.72. The van der Waals surface area contributed by atoms with Crippen LogP contribution in [0.3, 0.4) is 0 Å². The Morgan fingerprint density at radius 1 is 1.29 bits per heavy atom. The van der Waals surface area contributed by atoms with Crippen molar-refractivity contribution in [2.45, 2.75) is 52.1 Å². The Bertz CT molecular complexity index is 715. The van der Waals surface area contributed by atoms with Crippen LogP contribution in [0.15, 0.2) is 12.1 Å². The third-order valence-electron chi connectivity index (χ3n) is 4.61. The molecule has 132 valence electrons. The zero-order valence-corrected chi connectivity index (χ0v) is 14.2. The van der Waals surface area contributed by atoms with Gasteiger partial charge in [-0.2, -0.15) is 13.2 Å². The Kier molecular flexibility index (Phi) is 4.49. The van der Waals surface area contributed by atoms with E-state index in [1.54, 1.807) is 6.07 Å². The van der Waals surface area contributed by atoms with Gasteiger partial charge in [0.05, 0.1) is 23.2 Å². The summed E-state index contributed by atoms with van der Waals surface area (Å²) < 4.78 is 45.8. The number of alkyl halides is 3. The van der Waals surface area contributed by atoms with Gasteiger partial charge >= 0.3 is 6.18 Å². The minimum atomic E-state index is -4.44. The number of rotatable bonds is 5. The summed E-state index contributed by atoms with van der Waals surface area (Å²) in [4.78, 5) is 7.32. The van der Waals surface area contributed by atoms with E-state index in [9.17, 15) is 13.2 Å². The molecule has 2 aromatic rings. The lowest BCUT2D eigenvalue weighted by Crippen LogP contribution is -2.19. The smallest absolute Gasteiger partial charge is 0.418 e. The maximum absolute atomic E-state index is 13.4. The number of aromatic amines is 1. The highest BCUT2D eigenvalue weighted by Gasteiger charge is 2.36. The van der Waals surface area contributed by atoms with Crippen molar-refractivity contribution >= 4 is 11.0 Å². The summed E-state index contributed by atoms with van der Waals surface area (Å²) in [5.41, 5.74) is -0.308. The van der Waals surface area contributed by atoms with Gasteiger partial charge < -0.3 is 9.72 Å². The number of nitrogens with one attached hydrogen (secondary N) is 1. The average molecular weight is 340 g/mol. The highest BCUT2D eigenvalue weighted by molar-refractivity contribution is 5.81. The molecule has 24 heavy (non-hydrogen) atoms. The molecule has 1 aliphatic carbocycles. The second kappa shape index (κ2) is 6.30. The maximum atomic E-state index is 13.4. The van der Waals surface area contributed by atoms with Crippen LogP contribution < -0.4 is 4.74 Å². The first-order valence-electron chi connectivity index (χ1n) is 8.47. The molecule has 1 N–H and O–H groups in total. The van der Waals surface area contributed by atoms with Crippen molar-refractivity contribution in [3.8, 4) is 5.75 Å². The molecular weight excluding hydrogens is 317 g/mol. The number of benzene rings is 1. The van der Waals surface area contributed by atoms with Crippen LogP contribution in [0, 0.1) is 11.8 Å². The lowest BCUT2D eigenvalue weighted by Gasteiger charge is -2.30. The molecule has 1 fully saturated rings. The van der Waals surface area contributed by atoms with Crippen LogP contribution in [-0.4, -0.2) is 16.6 Å². The van der Waals surface area contributed by atoms with E-state index >= 15 is 0 Å². The first-order chi connectivity index (χ1) is 11.2. The van der Waals surface area contributed by atoms with Crippen LogP contribution in [0.4, 0.5) is 13.2 Å². The van der Waals surface area contributed by atoms with Gasteiger partial charge in [0.15, 0.2) is 0 Å². The van der Waals surface area contributed by atoms with E-state index in [4.69, 9.17) is 4.74 Å². The molecule has 0 aliphatic heterocycles. The molecule has 3 rings (SSSR count). The number of nitrogens with zero attached hydrogens (tertiary/aromatic N) is 1. The second-order valence-electron chi connectivity index (χ2n) is 7.29. The van der Waals surface area contributed by atoms with Crippen molar-refractivity contribution in [3.05, 3.63) is 23.5 Å². The van der Waals surface area contributed by atoms with Crippen molar-refractivity contribution in [2.75, 3.05) is 6.61 Å². The topological polar surface area (TPSA) is 37.9 Å². The highest BCUT2D eigenvalue weighted by Crippen LogP contribution is 2.42. The van der Waals surface area contributed by atoms with E-state index in [1.165, 1.54) is 0 Å². The number of imidazole rings is 1. The minimum Gasteiger partial charge on any atom is -0.493 e. The summed E-state index contributed by atoms with van der Waals surface area (Å²) in [6.07, 6.45) is -1.70. The number of aromatic nitrogens is 2. The van der Waals surface area contributed by atoms with E-state index < -0.39 is 11.7 Å². The van der Waals surface area contributed by atoms with Gasteiger partial charge in [0, 0.05) is 12.0 Å². The molecule has 0 amide bonds. The number of H-pyrrole nitrogens is 1. The molecule has 3 nitrogen and oxygen atoms in total. The van der Waals surface area contributed by atoms with Crippen LogP contribution >= 0.6 is 0 Å². The molecule has 1 aliphatic rings. The van der Waals surface area contributed by atoms with Crippen LogP contribution in [0.1, 0.15) is 57.3 Å². The lowest BCUT2D eigenvalue weighted by molar-refractivity contribution is -0.136. The number of ether oxygens (including phenoxy) is 1. The molecular formula is C18H23F3N2O. The van der Waals surface area contributed by atoms with E-state index in [0.29, 0.717) is 29.8 Å². The van der Waals surface area contributed by atoms with Gasteiger partial charge in [-0.3, -0.25) is 0 Å². The molecule has 0 bridgehead atoms.